The molecular weight excluding hydrogens is 455 g/mol. The van der Waals surface area contributed by atoms with Crippen molar-refractivity contribution in [2.24, 2.45) is 0 Å². The van der Waals surface area contributed by atoms with Gasteiger partial charge in [0, 0.05) is 6.42 Å². The van der Waals surface area contributed by atoms with Crippen LogP contribution in [0.25, 0.3) is 0 Å². The number of aliphatic hydroxyl groups excluding tert-OH is 1. The maximum atomic E-state index is 12.2. The van der Waals surface area contributed by atoms with Crippen molar-refractivity contribution in [2.75, 3.05) is 40.9 Å². The van der Waals surface area contributed by atoms with E-state index in [0.717, 1.165) is 32.1 Å². The Morgan fingerprint density at radius 1 is 0.941 bits per heavy atom. The van der Waals surface area contributed by atoms with E-state index >= 15 is 0 Å². The predicted octanol–water partition coefficient (Wildman–Crippen LogP) is 4.50. The molecule has 0 radical (unpaired) electrons. The normalized spacial score (nSPS) is 16.3. The van der Waals surface area contributed by atoms with E-state index in [0.29, 0.717) is 23.9 Å². The first-order chi connectivity index (χ1) is 16.0. The van der Waals surface area contributed by atoms with E-state index in [1.165, 1.54) is 6.42 Å². The summed E-state index contributed by atoms with van der Waals surface area (Å²) in [6.07, 6.45) is 17.9. The fourth-order valence-electron chi connectivity index (χ4n) is 2.77. The standard InChI is InChI=1S/C25H47N2O6P/c1-6-8-9-10-11-12-13-14-15-16-17-19-24(28)23(26-25(29)18-7-2)22-33-34(30,31)32-21-20-27(3,4)5/h9-10,13-14,17,19,23-24,28H,6-8,11-12,15-16,18,20-22H2,1-5H3,(H-,26,29,30,31)/p+1/b10-9+,14-13+,19-17+. The molecule has 9 heteroatoms. The summed E-state index contributed by atoms with van der Waals surface area (Å²) in [6.45, 7) is 4.27. The first kappa shape index (κ1) is 32.7. The number of amides is 1. The minimum absolute atomic E-state index is 0.0507. The van der Waals surface area contributed by atoms with Gasteiger partial charge in [0.2, 0.25) is 5.91 Å². The smallest absolute Gasteiger partial charge is 0.387 e. The molecule has 3 N–H and O–H groups in total. The molecule has 1 amide bonds. The second-order valence-corrected chi connectivity index (χ2v) is 10.8. The highest BCUT2D eigenvalue weighted by Gasteiger charge is 2.27. The van der Waals surface area contributed by atoms with Crippen molar-refractivity contribution < 1.29 is 32.9 Å². The highest BCUT2D eigenvalue weighted by atomic mass is 31.2. The fourth-order valence-corrected chi connectivity index (χ4v) is 3.50. The van der Waals surface area contributed by atoms with Gasteiger partial charge in [0.05, 0.1) is 39.9 Å². The first-order valence-electron chi connectivity index (χ1n) is 12.4. The zero-order valence-electron chi connectivity index (χ0n) is 21.8. The summed E-state index contributed by atoms with van der Waals surface area (Å²) in [4.78, 5) is 22.0. The lowest BCUT2D eigenvalue weighted by Crippen LogP contribution is -2.45. The molecule has 0 aromatic carbocycles. The Kier molecular flexibility index (Phi) is 18.3. The number of likely N-dealkylation sites (N-methyl/N-ethyl adjacent to an activating group) is 1. The molecule has 0 bridgehead atoms. The van der Waals surface area contributed by atoms with Gasteiger partial charge in [0.25, 0.3) is 0 Å². The maximum Gasteiger partial charge on any atom is 0.472 e. The summed E-state index contributed by atoms with van der Waals surface area (Å²) >= 11 is 0. The van der Waals surface area contributed by atoms with E-state index in [4.69, 9.17) is 9.05 Å². The number of unbranched alkanes of at least 4 members (excludes halogenated alkanes) is 3. The van der Waals surface area contributed by atoms with Gasteiger partial charge in [-0.1, -0.05) is 56.7 Å². The number of phosphoric ester groups is 1. The van der Waals surface area contributed by atoms with Gasteiger partial charge in [-0.05, 0) is 38.5 Å². The lowest BCUT2D eigenvalue weighted by molar-refractivity contribution is -0.870. The van der Waals surface area contributed by atoms with Gasteiger partial charge >= 0.3 is 7.82 Å². The van der Waals surface area contributed by atoms with Crippen LogP contribution >= 0.6 is 7.82 Å². The summed E-state index contributed by atoms with van der Waals surface area (Å²) in [5.74, 6) is -0.252. The van der Waals surface area contributed by atoms with Crippen molar-refractivity contribution in [3.8, 4) is 0 Å². The molecule has 0 fully saturated rings. The number of carbonyl (C=O) groups excluding carboxylic acids is 1. The van der Waals surface area contributed by atoms with Crippen LogP contribution in [0, 0.1) is 0 Å². The number of rotatable bonds is 20. The Morgan fingerprint density at radius 3 is 2.03 bits per heavy atom. The highest BCUT2D eigenvalue weighted by Crippen LogP contribution is 2.43. The van der Waals surface area contributed by atoms with Crippen LogP contribution < -0.4 is 5.32 Å². The van der Waals surface area contributed by atoms with Crippen LogP contribution in [0.3, 0.4) is 0 Å². The Labute approximate surface area is 206 Å². The van der Waals surface area contributed by atoms with E-state index in [2.05, 4.69) is 36.5 Å². The van der Waals surface area contributed by atoms with Crippen molar-refractivity contribution in [1.29, 1.82) is 0 Å². The number of allylic oxidation sites excluding steroid dienone is 5. The van der Waals surface area contributed by atoms with Crippen LogP contribution in [0.1, 0.15) is 65.2 Å². The number of aliphatic hydroxyl groups is 1. The first-order valence-corrected chi connectivity index (χ1v) is 13.9. The molecule has 0 spiro atoms. The largest absolute Gasteiger partial charge is 0.472 e. The second-order valence-electron chi connectivity index (χ2n) is 9.34. The molecule has 0 aliphatic heterocycles. The highest BCUT2D eigenvalue weighted by molar-refractivity contribution is 7.47. The van der Waals surface area contributed by atoms with Crippen LogP contribution in [-0.2, 0) is 18.4 Å². The summed E-state index contributed by atoms with van der Waals surface area (Å²) < 4.78 is 22.8. The Bertz CT molecular complexity index is 673. The van der Waals surface area contributed by atoms with Crippen LogP contribution in [0.5, 0.6) is 0 Å². The van der Waals surface area contributed by atoms with Gasteiger partial charge in [-0.15, -0.1) is 0 Å². The Balaban J connectivity index is 4.63. The monoisotopic (exact) mass is 503 g/mol. The fraction of sp³-hybridized carbons (Fsp3) is 0.720. The molecule has 34 heavy (non-hydrogen) atoms. The molecule has 0 aliphatic rings. The third-order valence-corrected chi connectivity index (χ3v) is 5.78. The van der Waals surface area contributed by atoms with E-state index in [1.807, 2.05) is 34.1 Å². The lowest BCUT2D eigenvalue weighted by atomic mass is 10.1. The molecule has 0 heterocycles. The van der Waals surface area contributed by atoms with Crippen LogP contribution in [-0.4, -0.2) is 73.4 Å². The van der Waals surface area contributed by atoms with Crippen molar-refractivity contribution in [3.05, 3.63) is 36.5 Å². The second kappa shape index (κ2) is 19.0. The molecule has 198 valence electrons. The molecule has 0 aromatic heterocycles. The van der Waals surface area contributed by atoms with E-state index in [-0.39, 0.29) is 19.1 Å². The number of phosphoric acid groups is 1. The van der Waals surface area contributed by atoms with E-state index in [1.54, 1.807) is 6.08 Å². The average Bonchev–Trinajstić information content (AvgIpc) is 2.74. The number of quaternary nitrogens is 1. The molecule has 0 aliphatic carbocycles. The van der Waals surface area contributed by atoms with Crippen molar-refractivity contribution >= 4 is 13.7 Å². The van der Waals surface area contributed by atoms with Gasteiger partial charge in [-0.25, -0.2) is 4.57 Å². The Hall–Kier alpha value is -1.28. The molecule has 8 nitrogen and oxygen atoms in total. The van der Waals surface area contributed by atoms with Crippen molar-refractivity contribution in [1.82, 2.24) is 5.32 Å². The molecule has 3 atom stereocenters. The number of carbonyl (C=O) groups is 1. The van der Waals surface area contributed by atoms with Gasteiger partial charge in [0.1, 0.15) is 13.2 Å². The van der Waals surface area contributed by atoms with Crippen LogP contribution in [0.2, 0.25) is 0 Å². The summed E-state index contributed by atoms with van der Waals surface area (Å²) in [5, 5.41) is 13.2. The maximum absolute atomic E-state index is 12.2. The topological polar surface area (TPSA) is 105 Å². The average molecular weight is 504 g/mol. The van der Waals surface area contributed by atoms with Crippen molar-refractivity contribution in [3.63, 3.8) is 0 Å². The number of nitrogens with zero attached hydrogens (tertiary/aromatic N) is 1. The molecule has 3 unspecified atom stereocenters. The van der Waals surface area contributed by atoms with Gasteiger partial charge in [0.15, 0.2) is 0 Å². The van der Waals surface area contributed by atoms with Crippen LogP contribution in [0.4, 0.5) is 0 Å². The Morgan fingerprint density at radius 2 is 1.50 bits per heavy atom. The van der Waals surface area contributed by atoms with E-state index < -0.39 is 20.0 Å². The summed E-state index contributed by atoms with van der Waals surface area (Å²) in [6, 6.07) is -0.858. The third kappa shape index (κ3) is 20.1. The molecule has 0 aromatic rings. The lowest BCUT2D eigenvalue weighted by Gasteiger charge is -2.25. The third-order valence-electron chi connectivity index (χ3n) is 4.79. The predicted molar refractivity (Wildman–Crippen MR) is 138 cm³/mol. The zero-order chi connectivity index (χ0) is 25.9. The number of hydrogen-bond donors (Lipinski definition) is 3. The summed E-state index contributed by atoms with van der Waals surface area (Å²) in [7, 11) is 1.52. The van der Waals surface area contributed by atoms with Gasteiger partial charge in [-0.2, -0.15) is 0 Å². The molecule has 0 saturated heterocycles. The quantitative estimate of drug-likeness (QED) is 0.0978. The molecule has 0 saturated carbocycles. The minimum Gasteiger partial charge on any atom is -0.387 e. The number of hydrogen-bond acceptors (Lipinski definition) is 5. The van der Waals surface area contributed by atoms with Gasteiger partial charge < -0.3 is 19.8 Å². The van der Waals surface area contributed by atoms with Crippen molar-refractivity contribution in [2.45, 2.75) is 77.4 Å². The van der Waals surface area contributed by atoms with E-state index in [9.17, 15) is 19.4 Å². The molecule has 0 rings (SSSR count). The molecular formula is C25H48N2O6P+. The number of nitrogens with one attached hydrogen (secondary N) is 1. The van der Waals surface area contributed by atoms with Gasteiger partial charge in [-0.3, -0.25) is 13.8 Å². The SMILES string of the molecule is CCC/C=C/CC/C=C/CC/C=C/C(O)C(COP(=O)(O)OCC[N+](C)(C)C)NC(=O)CCC. The van der Waals surface area contributed by atoms with Crippen LogP contribution in [0.15, 0.2) is 36.5 Å². The summed E-state index contributed by atoms with van der Waals surface area (Å²) in [5.41, 5.74) is 0. The minimum atomic E-state index is -4.30. The zero-order valence-corrected chi connectivity index (χ0v) is 22.7.